The zero-order chi connectivity index (χ0) is 9.84. The molecule has 5 nitrogen and oxygen atoms in total. The van der Waals surface area contributed by atoms with Crippen molar-refractivity contribution in [3.63, 3.8) is 0 Å². The molecule has 2 unspecified atom stereocenters. The number of carbonyl (C=O) groups is 1. The van der Waals surface area contributed by atoms with E-state index in [-0.39, 0.29) is 18.8 Å². The van der Waals surface area contributed by atoms with Gasteiger partial charge in [-0.05, 0) is 6.08 Å². The molecule has 2 N–H and O–H groups in total. The largest absolute Gasteiger partial charge is 0.481 e. The van der Waals surface area contributed by atoms with Crippen LogP contribution in [0.5, 0.6) is 0 Å². The van der Waals surface area contributed by atoms with E-state index in [0.29, 0.717) is 0 Å². The summed E-state index contributed by atoms with van der Waals surface area (Å²) in [4.78, 5) is 11.0. The van der Waals surface area contributed by atoms with Crippen molar-refractivity contribution in [3.05, 3.63) is 11.8 Å². The summed E-state index contributed by atoms with van der Waals surface area (Å²) < 4.78 is 9.44. The predicted octanol–water partition coefficient (Wildman–Crippen LogP) is -0.815. The topological polar surface area (TPSA) is 76.0 Å². The van der Waals surface area contributed by atoms with Crippen LogP contribution in [0.2, 0.25) is 0 Å². The highest BCUT2D eigenvalue weighted by atomic mass is 16.6. The Balaban J connectivity index is 2.68. The molecule has 74 valence electrons. The van der Waals surface area contributed by atoms with Crippen molar-refractivity contribution in [1.82, 2.24) is 0 Å². The minimum atomic E-state index is -0.764. The van der Waals surface area contributed by atoms with Gasteiger partial charge in [0.05, 0.1) is 19.8 Å². The van der Waals surface area contributed by atoms with Crippen LogP contribution >= 0.6 is 0 Å². The molecule has 0 spiro atoms. The zero-order valence-corrected chi connectivity index (χ0v) is 7.27. The van der Waals surface area contributed by atoms with Crippen LogP contribution in [0.1, 0.15) is 6.42 Å². The van der Waals surface area contributed by atoms with Crippen molar-refractivity contribution in [2.45, 2.75) is 18.6 Å². The third-order valence-corrected chi connectivity index (χ3v) is 1.73. The third-order valence-electron chi connectivity index (χ3n) is 1.73. The smallest absolute Gasteiger partial charge is 0.373 e. The van der Waals surface area contributed by atoms with Crippen LogP contribution in [0.3, 0.4) is 0 Å². The number of methoxy groups -OCH3 is 1. The highest BCUT2D eigenvalue weighted by molar-refractivity contribution is 5.86. The first kappa shape index (κ1) is 10.0. The molecule has 0 amide bonds. The van der Waals surface area contributed by atoms with E-state index < -0.39 is 18.2 Å². The summed E-state index contributed by atoms with van der Waals surface area (Å²) in [5, 5.41) is 18.0. The van der Waals surface area contributed by atoms with E-state index in [1.807, 2.05) is 0 Å². The van der Waals surface area contributed by atoms with Gasteiger partial charge in [-0.15, -0.1) is 0 Å². The highest BCUT2D eigenvalue weighted by Crippen LogP contribution is 2.17. The lowest BCUT2D eigenvalue weighted by atomic mass is 10.1. The van der Waals surface area contributed by atoms with Gasteiger partial charge in [0, 0.05) is 6.42 Å². The summed E-state index contributed by atoms with van der Waals surface area (Å²) in [5.74, 6) is -0.683. The zero-order valence-electron chi connectivity index (χ0n) is 7.27. The second-order valence-corrected chi connectivity index (χ2v) is 2.75. The monoisotopic (exact) mass is 188 g/mol. The number of ether oxygens (including phenoxy) is 2. The van der Waals surface area contributed by atoms with Gasteiger partial charge in [-0.2, -0.15) is 0 Å². The highest BCUT2D eigenvalue weighted by Gasteiger charge is 2.25. The van der Waals surface area contributed by atoms with E-state index in [0.717, 1.165) is 0 Å². The lowest BCUT2D eigenvalue weighted by Crippen LogP contribution is -2.30. The molecular weight excluding hydrogens is 176 g/mol. The van der Waals surface area contributed by atoms with Gasteiger partial charge in [0.1, 0.15) is 6.10 Å². The molecule has 0 saturated heterocycles. The minimum absolute atomic E-state index is 0.0414. The van der Waals surface area contributed by atoms with Crippen LogP contribution in [-0.4, -0.2) is 42.1 Å². The fourth-order valence-corrected chi connectivity index (χ4v) is 1.11. The first-order valence-corrected chi connectivity index (χ1v) is 3.93. The van der Waals surface area contributed by atoms with E-state index in [1.165, 1.54) is 13.2 Å². The van der Waals surface area contributed by atoms with E-state index in [2.05, 4.69) is 4.74 Å². The quantitative estimate of drug-likeness (QED) is 0.554. The number of rotatable bonds is 2. The van der Waals surface area contributed by atoms with Gasteiger partial charge in [-0.3, -0.25) is 0 Å². The molecular formula is C8H12O5. The van der Waals surface area contributed by atoms with Crippen molar-refractivity contribution in [2.75, 3.05) is 13.7 Å². The SMILES string of the molecule is COC(=O)C1=CC(O)CC(CO)O1. The molecule has 0 radical (unpaired) electrons. The lowest BCUT2D eigenvalue weighted by Gasteiger charge is -2.24. The molecule has 2 atom stereocenters. The standard InChI is InChI=1S/C8H12O5/c1-12-8(11)7-3-5(10)2-6(4-9)13-7/h3,5-6,9-10H,2,4H2,1H3. The van der Waals surface area contributed by atoms with Crippen LogP contribution in [0.15, 0.2) is 11.8 Å². The van der Waals surface area contributed by atoms with Gasteiger partial charge in [-0.1, -0.05) is 0 Å². The summed E-state index contributed by atoms with van der Waals surface area (Å²) >= 11 is 0. The summed E-state index contributed by atoms with van der Waals surface area (Å²) in [6, 6.07) is 0. The Bertz CT molecular complexity index is 223. The number of aliphatic hydroxyl groups excluding tert-OH is 2. The molecule has 1 aliphatic heterocycles. The van der Waals surface area contributed by atoms with Crippen LogP contribution in [0.4, 0.5) is 0 Å². The summed E-state index contributed by atoms with van der Waals surface area (Å²) in [6.07, 6.45) is 0.267. The Hall–Kier alpha value is -1.07. The van der Waals surface area contributed by atoms with Crippen molar-refractivity contribution < 1.29 is 24.5 Å². The molecule has 0 aliphatic carbocycles. The molecule has 1 rings (SSSR count). The van der Waals surface area contributed by atoms with Gasteiger partial charge in [-0.25, -0.2) is 4.79 Å². The van der Waals surface area contributed by atoms with Gasteiger partial charge >= 0.3 is 5.97 Å². The van der Waals surface area contributed by atoms with Gasteiger partial charge in [0.25, 0.3) is 0 Å². The molecule has 0 aromatic rings. The average molecular weight is 188 g/mol. The third kappa shape index (κ3) is 2.43. The maximum atomic E-state index is 11.0. The Labute approximate surface area is 75.6 Å². The van der Waals surface area contributed by atoms with E-state index >= 15 is 0 Å². The summed E-state index contributed by atoms with van der Waals surface area (Å²) in [6.45, 7) is -0.231. The number of aliphatic hydroxyl groups is 2. The molecule has 1 aliphatic rings. The molecule has 0 aromatic heterocycles. The minimum Gasteiger partial charge on any atom is -0.481 e. The average Bonchev–Trinajstić information content (AvgIpc) is 2.15. The maximum Gasteiger partial charge on any atom is 0.373 e. The second kappa shape index (κ2) is 4.25. The van der Waals surface area contributed by atoms with Crippen LogP contribution in [0.25, 0.3) is 0 Å². The van der Waals surface area contributed by atoms with Crippen molar-refractivity contribution in [2.24, 2.45) is 0 Å². The lowest BCUT2D eigenvalue weighted by molar-refractivity contribution is -0.143. The summed E-state index contributed by atoms with van der Waals surface area (Å²) in [5.41, 5.74) is 0. The Morgan fingerprint density at radius 3 is 3.08 bits per heavy atom. The maximum absolute atomic E-state index is 11.0. The molecule has 0 saturated carbocycles. The number of esters is 1. The normalized spacial score (nSPS) is 27.5. The molecule has 0 bridgehead atoms. The molecule has 0 fully saturated rings. The summed E-state index contributed by atoms with van der Waals surface area (Å²) in [7, 11) is 1.22. The van der Waals surface area contributed by atoms with Crippen LogP contribution < -0.4 is 0 Å². The molecule has 1 heterocycles. The van der Waals surface area contributed by atoms with Crippen molar-refractivity contribution in [3.8, 4) is 0 Å². The predicted molar refractivity (Wildman–Crippen MR) is 42.7 cm³/mol. The van der Waals surface area contributed by atoms with Gasteiger partial charge in [0.2, 0.25) is 5.76 Å². The Morgan fingerprint density at radius 2 is 2.54 bits per heavy atom. The molecule has 0 aromatic carbocycles. The number of hydrogen-bond donors (Lipinski definition) is 2. The van der Waals surface area contributed by atoms with Gasteiger partial charge < -0.3 is 19.7 Å². The van der Waals surface area contributed by atoms with Gasteiger partial charge in [0.15, 0.2) is 0 Å². The molecule has 5 heteroatoms. The number of carbonyl (C=O) groups excluding carboxylic acids is 1. The van der Waals surface area contributed by atoms with E-state index in [1.54, 1.807) is 0 Å². The van der Waals surface area contributed by atoms with E-state index in [9.17, 15) is 9.90 Å². The molecule has 13 heavy (non-hydrogen) atoms. The van der Waals surface area contributed by atoms with Crippen molar-refractivity contribution >= 4 is 5.97 Å². The fourth-order valence-electron chi connectivity index (χ4n) is 1.11. The second-order valence-electron chi connectivity index (χ2n) is 2.75. The Morgan fingerprint density at radius 1 is 1.85 bits per heavy atom. The van der Waals surface area contributed by atoms with Crippen LogP contribution in [-0.2, 0) is 14.3 Å². The van der Waals surface area contributed by atoms with Crippen molar-refractivity contribution in [1.29, 1.82) is 0 Å². The van der Waals surface area contributed by atoms with Crippen LogP contribution in [0, 0.1) is 0 Å². The first-order valence-electron chi connectivity index (χ1n) is 3.93. The fraction of sp³-hybridized carbons (Fsp3) is 0.625. The Kier molecular flexibility index (Phi) is 3.27. The number of hydrogen-bond acceptors (Lipinski definition) is 5. The first-order chi connectivity index (χ1) is 6.17. The van der Waals surface area contributed by atoms with E-state index in [4.69, 9.17) is 9.84 Å².